The lowest BCUT2D eigenvalue weighted by Crippen LogP contribution is -2.65. The number of ether oxygens (including phenoxy) is 2. The number of hydrogen-bond acceptors (Lipinski definition) is 5. The van der Waals surface area contributed by atoms with Crippen LogP contribution in [0, 0.1) is 0 Å². The topological polar surface area (TPSA) is 108 Å². The van der Waals surface area contributed by atoms with Crippen LogP contribution in [0.2, 0.25) is 0 Å². The zero-order valence-corrected chi connectivity index (χ0v) is 12.8. The molecule has 0 bridgehead atoms. The van der Waals surface area contributed by atoms with E-state index in [1.54, 1.807) is 0 Å². The van der Waals surface area contributed by atoms with Crippen LogP contribution in [-0.4, -0.2) is 28.8 Å². The fourth-order valence-electron chi connectivity index (χ4n) is 2.80. The number of hydrogen-bond donors (Lipinski definition) is 3. The molecule has 5 N–H and O–H groups in total. The van der Waals surface area contributed by atoms with Gasteiger partial charge in [-0.25, -0.2) is 4.79 Å². The molecule has 0 aliphatic heterocycles. The van der Waals surface area contributed by atoms with Gasteiger partial charge in [-0.3, -0.25) is 5.73 Å². The van der Waals surface area contributed by atoms with Gasteiger partial charge in [-0.15, -0.1) is 0 Å². The second-order valence-electron chi connectivity index (χ2n) is 5.98. The molecule has 2 unspecified atom stereocenters. The molecule has 1 fully saturated rings. The fourth-order valence-corrected chi connectivity index (χ4v) is 2.80. The number of primary amides is 1. The maximum atomic E-state index is 11.2. The van der Waals surface area contributed by atoms with Crippen molar-refractivity contribution in [1.82, 2.24) is 0 Å². The molecular formula is C16H24N2O4. The third kappa shape index (κ3) is 3.97. The summed E-state index contributed by atoms with van der Waals surface area (Å²) in [6.07, 6.45) is 2.76. The Balaban J connectivity index is 2.20. The molecule has 0 spiro atoms. The Bertz CT molecular complexity index is 500. The van der Waals surface area contributed by atoms with Crippen molar-refractivity contribution in [3.8, 4) is 0 Å². The van der Waals surface area contributed by atoms with E-state index >= 15 is 0 Å². The summed E-state index contributed by atoms with van der Waals surface area (Å²) in [5.41, 5.74) is 10.4. The normalized spacial score (nSPS) is 21.0. The molecule has 0 heterocycles. The average molecular weight is 308 g/mol. The van der Waals surface area contributed by atoms with Crippen molar-refractivity contribution in [2.45, 2.75) is 56.6 Å². The van der Waals surface area contributed by atoms with Crippen LogP contribution >= 0.6 is 0 Å². The largest absolute Gasteiger partial charge is 0.422 e. The number of aliphatic hydroxyl groups is 1. The minimum Gasteiger partial charge on any atom is -0.422 e. The summed E-state index contributed by atoms with van der Waals surface area (Å²) in [5.74, 6) is -1.84. The number of carbonyl (C=O) groups excluding carboxylic acids is 1. The molecule has 1 aromatic rings. The highest BCUT2D eigenvalue weighted by atomic mass is 16.7. The average Bonchev–Trinajstić information content (AvgIpc) is 2.90. The number of benzene rings is 1. The summed E-state index contributed by atoms with van der Waals surface area (Å²) in [4.78, 5) is 11.2. The Kier molecular flexibility index (Phi) is 5.05. The first-order chi connectivity index (χ1) is 10.3. The Labute approximate surface area is 130 Å². The Morgan fingerprint density at radius 1 is 1.32 bits per heavy atom. The minimum absolute atomic E-state index is 0.0924. The Hall–Kier alpha value is -1.63. The molecule has 6 nitrogen and oxygen atoms in total. The molecule has 2 atom stereocenters. The van der Waals surface area contributed by atoms with E-state index in [9.17, 15) is 9.90 Å². The molecule has 0 aromatic heterocycles. The molecule has 0 radical (unpaired) electrons. The first-order valence-electron chi connectivity index (χ1n) is 7.54. The molecule has 1 aromatic carbocycles. The van der Waals surface area contributed by atoms with E-state index in [1.807, 2.05) is 30.3 Å². The molecule has 0 saturated heterocycles. The second kappa shape index (κ2) is 6.64. The Morgan fingerprint density at radius 2 is 1.91 bits per heavy atom. The van der Waals surface area contributed by atoms with Crippen LogP contribution in [0.3, 0.4) is 0 Å². The van der Waals surface area contributed by atoms with E-state index in [2.05, 4.69) is 0 Å². The molecule has 6 heteroatoms. The zero-order chi connectivity index (χ0) is 16.2. The van der Waals surface area contributed by atoms with Crippen LogP contribution < -0.4 is 11.5 Å². The second-order valence-corrected chi connectivity index (χ2v) is 5.98. The smallest absolute Gasteiger partial charge is 0.406 e. The fraction of sp³-hybridized carbons (Fsp3) is 0.562. The van der Waals surface area contributed by atoms with Crippen molar-refractivity contribution in [2.75, 3.05) is 0 Å². The monoisotopic (exact) mass is 308 g/mol. The number of nitrogens with two attached hydrogens (primary N) is 2. The van der Waals surface area contributed by atoms with Gasteiger partial charge >= 0.3 is 6.09 Å². The molecule has 1 saturated carbocycles. The van der Waals surface area contributed by atoms with Gasteiger partial charge < -0.3 is 20.3 Å². The van der Waals surface area contributed by atoms with Crippen molar-refractivity contribution in [3.05, 3.63) is 35.9 Å². The summed E-state index contributed by atoms with van der Waals surface area (Å²) >= 11 is 0. The first-order valence-corrected chi connectivity index (χ1v) is 7.54. The van der Waals surface area contributed by atoms with Gasteiger partial charge in [0.05, 0.1) is 6.10 Å². The van der Waals surface area contributed by atoms with Crippen molar-refractivity contribution in [3.63, 3.8) is 0 Å². The van der Waals surface area contributed by atoms with Gasteiger partial charge in [0.1, 0.15) is 0 Å². The minimum atomic E-state index is -1.84. The van der Waals surface area contributed by atoms with Crippen molar-refractivity contribution < 1.29 is 19.4 Å². The number of amides is 1. The van der Waals surface area contributed by atoms with Crippen molar-refractivity contribution in [2.24, 2.45) is 11.5 Å². The van der Waals surface area contributed by atoms with Crippen LogP contribution in [0.4, 0.5) is 4.79 Å². The van der Waals surface area contributed by atoms with Gasteiger partial charge in [0, 0.05) is 6.42 Å². The molecule has 1 aliphatic rings. The third-order valence-electron chi connectivity index (χ3n) is 4.08. The van der Waals surface area contributed by atoms with E-state index in [0.717, 1.165) is 31.2 Å². The van der Waals surface area contributed by atoms with E-state index in [1.165, 1.54) is 6.92 Å². The van der Waals surface area contributed by atoms with E-state index in [4.69, 9.17) is 20.9 Å². The lowest BCUT2D eigenvalue weighted by atomic mass is 9.95. The van der Waals surface area contributed by atoms with Gasteiger partial charge in [0.15, 0.2) is 0 Å². The summed E-state index contributed by atoms with van der Waals surface area (Å²) < 4.78 is 10.8. The predicted molar refractivity (Wildman–Crippen MR) is 81.7 cm³/mol. The highest BCUT2D eigenvalue weighted by Crippen LogP contribution is 2.32. The van der Waals surface area contributed by atoms with Gasteiger partial charge in [0.2, 0.25) is 11.5 Å². The molecule has 2 rings (SSSR count). The lowest BCUT2D eigenvalue weighted by Gasteiger charge is -2.42. The van der Waals surface area contributed by atoms with Crippen LogP contribution in [0.1, 0.15) is 38.2 Å². The van der Waals surface area contributed by atoms with Gasteiger partial charge in [-0.2, -0.15) is 0 Å². The van der Waals surface area contributed by atoms with Gasteiger partial charge in [0.25, 0.3) is 0 Å². The Morgan fingerprint density at radius 3 is 2.45 bits per heavy atom. The van der Waals surface area contributed by atoms with Gasteiger partial charge in [-0.05, 0) is 25.3 Å². The third-order valence-corrected chi connectivity index (χ3v) is 4.08. The summed E-state index contributed by atoms with van der Waals surface area (Å²) in [6.45, 7) is 1.41. The maximum Gasteiger partial charge on any atom is 0.406 e. The van der Waals surface area contributed by atoms with Crippen LogP contribution in [0.15, 0.2) is 30.3 Å². The zero-order valence-electron chi connectivity index (χ0n) is 12.8. The van der Waals surface area contributed by atoms with Crippen LogP contribution in [-0.2, 0) is 15.9 Å². The molecule has 122 valence electrons. The molecule has 1 aliphatic carbocycles. The first kappa shape index (κ1) is 16.7. The van der Waals surface area contributed by atoms with Crippen molar-refractivity contribution in [1.29, 1.82) is 0 Å². The quantitative estimate of drug-likeness (QED) is 0.692. The summed E-state index contributed by atoms with van der Waals surface area (Å²) in [5, 5.41) is 10.7. The van der Waals surface area contributed by atoms with Gasteiger partial charge in [-0.1, -0.05) is 43.2 Å². The SMILES string of the molecule is CC(O)(OC1CCCC1)C(N)(Cc1ccccc1)OC(N)=O. The highest BCUT2D eigenvalue weighted by molar-refractivity contribution is 5.65. The lowest BCUT2D eigenvalue weighted by molar-refractivity contribution is -0.301. The summed E-state index contributed by atoms with van der Waals surface area (Å²) in [6, 6.07) is 9.21. The van der Waals surface area contributed by atoms with E-state index in [-0.39, 0.29) is 12.5 Å². The maximum absolute atomic E-state index is 11.2. The molecular weight excluding hydrogens is 284 g/mol. The summed E-state index contributed by atoms with van der Waals surface area (Å²) in [7, 11) is 0. The molecule has 1 amide bonds. The highest BCUT2D eigenvalue weighted by Gasteiger charge is 2.50. The standard InChI is InChI=1S/C16H24N2O4/c1-15(20,21-13-9-5-6-10-13)16(18,22-14(17)19)11-12-7-3-2-4-8-12/h2-4,7-8,13,20H,5-6,9-11,18H2,1H3,(H2,17,19). The number of rotatable bonds is 6. The number of carbonyl (C=O) groups is 1. The van der Waals surface area contributed by atoms with E-state index < -0.39 is 17.6 Å². The van der Waals surface area contributed by atoms with Crippen LogP contribution in [0.25, 0.3) is 0 Å². The molecule has 22 heavy (non-hydrogen) atoms. The van der Waals surface area contributed by atoms with Crippen molar-refractivity contribution >= 4 is 6.09 Å². The van der Waals surface area contributed by atoms with E-state index in [0.29, 0.717) is 0 Å². The van der Waals surface area contributed by atoms with Crippen LogP contribution in [0.5, 0.6) is 0 Å². The predicted octanol–water partition coefficient (Wildman–Crippen LogP) is 1.65.